The average Bonchev–Trinajstić information content (AvgIpc) is 1.63. The number of thiol groups is 1. The summed E-state index contributed by atoms with van der Waals surface area (Å²) in [5.41, 5.74) is 34.5. The number of alkyl halides is 6. The highest BCUT2D eigenvalue weighted by atomic mass is 32.7. The third-order valence-corrected chi connectivity index (χ3v) is 31.4. The van der Waals surface area contributed by atoms with Gasteiger partial charge in [-0.2, -0.15) is 15.0 Å². The van der Waals surface area contributed by atoms with Crippen molar-refractivity contribution in [2.75, 3.05) is 74.0 Å². The van der Waals surface area contributed by atoms with Gasteiger partial charge in [-0.1, -0.05) is 12.2 Å². The number of aromatic nitrogens is 21. The van der Waals surface area contributed by atoms with Gasteiger partial charge in [0.15, 0.2) is 125 Å². The molecule has 6 bridgehead atoms. The lowest BCUT2D eigenvalue weighted by atomic mass is 10.1. The van der Waals surface area contributed by atoms with Crippen LogP contribution < -0.4 is 51.1 Å². The maximum absolute atomic E-state index is 16.0. The van der Waals surface area contributed by atoms with Gasteiger partial charge in [-0.05, 0) is 77.2 Å². The van der Waals surface area contributed by atoms with E-state index < -0.39 is 244 Å². The predicted molar refractivity (Wildman–Crippen MR) is 470 cm³/mol. The van der Waals surface area contributed by atoms with Crippen molar-refractivity contribution < 1.29 is 138 Å². The number of hydrogen-bond donors (Lipinski definition) is 15. The number of pyridine rings is 3. The number of nitrogen functional groups attached to an aromatic ring is 6. The number of aromatic amines is 3. The van der Waals surface area contributed by atoms with E-state index in [1.54, 1.807) is 0 Å². The number of anilines is 6. The summed E-state index contributed by atoms with van der Waals surface area (Å²) in [6, 6.07) is 4.56. The van der Waals surface area contributed by atoms with Gasteiger partial charge in [-0.25, -0.2) is 75.8 Å². The lowest BCUT2D eigenvalue weighted by Gasteiger charge is -2.27. The number of nitrogens with one attached hydrogen (secondary N) is 3. The maximum Gasteiger partial charge on any atom is 0.386 e. The summed E-state index contributed by atoms with van der Waals surface area (Å²) in [5, 5.41) is 0. The molecule has 0 aliphatic carbocycles. The fraction of sp³-hybridized carbons (Fsp3) is 0.476. The number of nitrogens with two attached hydrogens (primary N) is 6. The Kier molecular flexibility index (Phi) is 26.1. The summed E-state index contributed by atoms with van der Waals surface area (Å²) in [6.45, 7) is -30.2. The minimum atomic E-state index is -4.44. The van der Waals surface area contributed by atoms with Crippen LogP contribution in [0.1, 0.15) is 37.4 Å². The van der Waals surface area contributed by atoms with Crippen LogP contribution in [0.15, 0.2) is 89.1 Å². The quantitative estimate of drug-likeness (QED) is 0.0644. The number of nitrogens with zero attached hydrogens (tertiary/aromatic N) is 18. The molecule has 0 aromatic carbocycles. The number of hydrogen-bond acceptors (Lipinski definition) is 45. The SMILES string of the molecule is Nc1nc2c(ncn2[C@@H]2O[C@@H]3COP(=O)(S)O[C@H]4[C@H](F)[C@H](n5cnc6c(N)ccnc65)O[C@@H]4COP(O)(=S)O[C@@H]2[C@H]3F)c(=O)[nH]1.Nc1nc2c(ncn2[C@@H]2O[C@@H]3COP(O)(=S)O[C@H]4[C@H](F)[C@H](n5cnc6c(N)ccnc65)O[C@@H]4COP(O)(=S)O[C@@H]2[C@H]3F)c(=O)[nH]1.Nc1nc2c(ncn2[C@@H]2O[C@@H]3COP(O)(=S)O[C@H]4[C@H](F)[C@H](n5cnc6c(N)ccnc65)O[C@@H]4COP(O)(=S)O[C@@H]2[C@H]3F)c(=O)[nH]1. The van der Waals surface area contributed by atoms with Gasteiger partial charge in [-0.3, -0.25) is 88.4 Å². The van der Waals surface area contributed by atoms with Gasteiger partial charge in [0.1, 0.15) is 89.8 Å². The topological polar surface area (TPSA) is 723 Å². The summed E-state index contributed by atoms with van der Waals surface area (Å²) < 4.78 is 217. The second kappa shape index (κ2) is 36.7. The normalized spacial score (nSPS) is 37.7. The van der Waals surface area contributed by atoms with Gasteiger partial charge >= 0.3 is 40.4 Å². The Bertz CT molecular complexity index is 6500. The van der Waals surface area contributed by atoms with E-state index in [1.807, 2.05) is 0 Å². The monoisotopic (exact) mass is 2130 g/mol. The minimum Gasteiger partial charge on any atom is -0.397 e. The highest BCUT2D eigenvalue weighted by molar-refractivity contribution is 8.44. The maximum atomic E-state index is 16.0. The van der Waals surface area contributed by atoms with Crippen LogP contribution in [-0.2, 0) is 146 Å². The van der Waals surface area contributed by atoms with E-state index in [9.17, 15) is 43.4 Å². The van der Waals surface area contributed by atoms with Crippen molar-refractivity contribution in [1.82, 2.24) is 102 Å². The van der Waals surface area contributed by atoms with Crippen LogP contribution in [0.25, 0.3) is 67.0 Å². The lowest BCUT2D eigenvalue weighted by Crippen LogP contribution is -2.34. The fourth-order valence-corrected chi connectivity index (χ4v) is 24.5. The molecule has 135 heavy (non-hydrogen) atoms. The van der Waals surface area contributed by atoms with Gasteiger partial charge in [0.25, 0.3) is 16.7 Å². The molecule has 20 N–H and O–H groups in total. The van der Waals surface area contributed by atoms with E-state index in [0.29, 0.717) is 22.4 Å². The minimum absolute atomic E-state index is 0.0852. The van der Waals surface area contributed by atoms with Crippen LogP contribution in [0, 0.1) is 0 Å². The van der Waals surface area contributed by atoms with Gasteiger partial charge in [-0.15, -0.1) is 0 Å². The number of imidazole rings is 6. The summed E-state index contributed by atoms with van der Waals surface area (Å²) >= 11 is 29.7. The summed E-state index contributed by atoms with van der Waals surface area (Å²) in [4.78, 5) is 148. The Balaban J connectivity index is 0.000000130. The smallest absolute Gasteiger partial charge is 0.386 e. The number of ether oxygens (including phenoxy) is 6. The van der Waals surface area contributed by atoms with Crippen LogP contribution in [0.4, 0.5) is 61.2 Å². The molecular weight excluding hydrogens is 2060 g/mol. The molecule has 0 amide bonds. The molecule has 9 aliphatic rings. The van der Waals surface area contributed by atoms with E-state index >= 15 is 26.3 Å². The van der Waals surface area contributed by atoms with Crippen LogP contribution in [0.2, 0.25) is 0 Å². The lowest BCUT2D eigenvalue weighted by molar-refractivity contribution is -0.0599. The van der Waals surface area contributed by atoms with E-state index in [4.69, 9.17) is 176 Å². The second-order valence-corrected chi connectivity index (χ2v) is 47.4. The first-order chi connectivity index (χ1) is 63.9. The molecule has 21 heterocycles. The van der Waals surface area contributed by atoms with Gasteiger partial charge < -0.3 is 110 Å². The van der Waals surface area contributed by atoms with Crippen molar-refractivity contribution in [3.05, 3.63) is 106 Å². The van der Waals surface area contributed by atoms with Crippen LogP contribution >= 0.6 is 52.6 Å². The molecule has 54 nitrogen and oxygen atoms in total. The third-order valence-electron chi connectivity index (χ3n) is 22.0. The molecule has 9 fully saturated rings. The van der Waals surface area contributed by atoms with Crippen molar-refractivity contribution >= 4 is 214 Å². The standard InChI is InChI=1S/3C21H23F2N9O9P2S2/c3*22-10-8-3-36-42(34,44)40-14-9(39-19(11(14)23)31-5-27-12-7(24)1-2-26-16(12)31)4-37-43(35,45)41-15(10)20(38-8)32-6-28-13-17(32)29-21(25)30-18(13)33/h3*1-2,5-6,8-11,14-15,19-20H,3-4H2,(H2,24,26)(H,34,44)(H,35,45)(H3,25,29,30,33)/t3*8-,9-,10+,11+,14-,15-,19-,20-,42?,43?/m111/s1. The van der Waals surface area contributed by atoms with Crippen molar-refractivity contribution in [2.45, 2.75) is 148 Å². The molecule has 726 valence electrons. The summed E-state index contributed by atoms with van der Waals surface area (Å²) in [6.07, 6.45) is -27.9. The molecule has 12 aromatic rings. The predicted octanol–water partition coefficient (Wildman–Crippen LogP) is 2.17. The molecule has 6 unspecified atom stereocenters. The van der Waals surface area contributed by atoms with Crippen molar-refractivity contribution in [1.29, 1.82) is 0 Å². The van der Waals surface area contributed by atoms with E-state index in [2.05, 4.69) is 87.0 Å². The molecule has 0 saturated carbocycles. The Morgan fingerprint density at radius 1 is 0.326 bits per heavy atom. The number of H-pyrrole nitrogens is 3. The summed E-state index contributed by atoms with van der Waals surface area (Å²) in [7, 11) is 0. The zero-order valence-electron chi connectivity index (χ0n) is 67.2. The number of fused-ring (bicyclic) bond motifs is 15. The molecule has 21 rings (SSSR count). The van der Waals surface area contributed by atoms with E-state index in [0.717, 1.165) is 32.7 Å². The molecule has 72 heteroatoms. The van der Waals surface area contributed by atoms with Crippen molar-refractivity contribution in [3.63, 3.8) is 0 Å². The first kappa shape index (κ1) is 96.1. The molecule has 0 radical (unpaired) electrons. The fourth-order valence-electron chi connectivity index (χ4n) is 15.9. The first-order valence-electron chi connectivity index (χ1n) is 39.0. The van der Waals surface area contributed by atoms with Crippen LogP contribution in [0.3, 0.4) is 0 Å². The zero-order valence-corrected chi connectivity index (χ0v) is 77.5. The molecular formula is C63H69F6N27O27P6S6. The third kappa shape index (κ3) is 18.8. The van der Waals surface area contributed by atoms with E-state index in [-0.39, 0.29) is 79.5 Å². The Morgan fingerprint density at radius 3 is 0.837 bits per heavy atom. The molecule has 9 aliphatic heterocycles. The highest BCUT2D eigenvalue weighted by Crippen LogP contribution is 2.61. The van der Waals surface area contributed by atoms with Crippen molar-refractivity contribution in [2.24, 2.45) is 0 Å². The average molecular weight is 2130 g/mol. The van der Waals surface area contributed by atoms with Crippen LogP contribution in [0.5, 0.6) is 0 Å². The van der Waals surface area contributed by atoms with Gasteiger partial charge in [0.2, 0.25) is 17.8 Å². The Hall–Kier alpha value is -7.80. The largest absolute Gasteiger partial charge is 0.397 e. The van der Waals surface area contributed by atoms with Crippen LogP contribution in [-0.4, -0.2) is 277 Å². The molecule has 30 atom stereocenters. The Morgan fingerprint density at radius 2 is 0.556 bits per heavy atom. The van der Waals surface area contributed by atoms with Gasteiger partial charge in [0.05, 0.1) is 94.7 Å². The zero-order chi connectivity index (χ0) is 95.5. The molecule has 12 aromatic heterocycles. The molecule has 0 spiro atoms. The Labute approximate surface area is 776 Å². The number of rotatable bonds is 6. The highest BCUT2D eigenvalue weighted by Gasteiger charge is 2.59. The van der Waals surface area contributed by atoms with Gasteiger partial charge in [0, 0.05) is 18.6 Å². The van der Waals surface area contributed by atoms with E-state index in [1.165, 1.54) is 69.5 Å². The number of halogens is 6. The first-order valence-corrected chi connectivity index (χ1v) is 54.7. The summed E-state index contributed by atoms with van der Waals surface area (Å²) in [5.74, 6) is -0.766. The second-order valence-electron chi connectivity index (χ2n) is 30.6. The molecule has 9 saturated heterocycles. The van der Waals surface area contributed by atoms with Crippen molar-refractivity contribution in [3.8, 4) is 0 Å².